The summed E-state index contributed by atoms with van der Waals surface area (Å²) < 4.78 is 77.9. The molecule has 6 nitrogen and oxygen atoms in total. The van der Waals surface area contributed by atoms with Crippen molar-refractivity contribution in [2.75, 3.05) is 11.1 Å². The third-order valence-electron chi connectivity index (χ3n) is 3.19. The van der Waals surface area contributed by atoms with Crippen molar-refractivity contribution in [1.29, 1.82) is 0 Å². The Labute approximate surface area is 169 Å². The van der Waals surface area contributed by atoms with Gasteiger partial charge >= 0.3 is 18.6 Å². The van der Waals surface area contributed by atoms with Gasteiger partial charge in [0.1, 0.15) is 5.75 Å². The SMILES string of the molecule is O=C(CSc1ccc(OC(F)(F)F)cc1)NNC(=O)Nc1cccc(C(F)(F)F)c1. The molecule has 3 amide bonds. The average Bonchev–Trinajstić information content (AvgIpc) is 2.64. The summed E-state index contributed by atoms with van der Waals surface area (Å²) in [4.78, 5) is 23.9. The van der Waals surface area contributed by atoms with E-state index in [4.69, 9.17) is 0 Å². The lowest BCUT2D eigenvalue weighted by atomic mass is 10.2. The van der Waals surface area contributed by atoms with Gasteiger partial charge in [-0.15, -0.1) is 24.9 Å². The van der Waals surface area contributed by atoms with Crippen LogP contribution in [0.4, 0.5) is 36.8 Å². The number of halogens is 6. The lowest BCUT2D eigenvalue weighted by Crippen LogP contribution is -2.44. The molecular formula is C17H13F6N3O3S. The first-order valence-corrected chi connectivity index (χ1v) is 8.93. The highest BCUT2D eigenvalue weighted by atomic mass is 32.2. The van der Waals surface area contributed by atoms with E-state index >= 15 is 0 Å². The Bertz CT molecular complexity index is 888. The van der Waals surface area contributed by atoms with E-state index in [0.29, 0.717) is 4.90 Å². The number of alkyl halides is 6. The second-order valence-electron chi connectivity index (χ2n) is 5.51. The summed E-state index contributed by atoms with van der Waals surface area (Å²) in [5, 5.41) is 2.13. The predicted octanol–water partition coefficient (Wildman–Crippen LogP) is 4.55. The van der Waals surface area contributed by atoms with Gasteiger partial charge in [0.05, 0.1) is 11.3 Å². The largest absolute Gasteiger partial charge is 0.573 e. The molecule has 0 aromatic heterocycles. The molecule has 2 rings (SSSR count). The number of thioether (sulfide) groups is 1. The summed E-state index contributed by atoms with van der Waals surface area (Å²) in [5.74, 6) is -1.26. The van der Waals surface area contributed by atoms with Crippen molar-refractivity contribution in [3.63, 3.8) is 0 Å². The average molecular weight is 453 g/mol. The van der Waals surface area contributed by atoms with Crippen LogP contribution in [0.1, 0.15) is 5.56 Å². The van der Waals surface area contributed by atoms with Crippen LogP contribution in [-0.4, -0.2) is 24.1 Å². The summed E-state index contributed by atoms with van der Waals surface area (Å²) in [5.41, 5.74) is 2.93. The zero-order chi connectivity index (χ0) is 22.4. The number of benzene rings is 2. The maximum atomic E-state index is 12.6. The van der Waals surface area contributed by atoms with Crippen LogP contribution in [0, 0.1) is 0 Å². The molecule has 2 aromatic carbocycles. The zero-order valence-electron chi connectivity index (χ0n) is 14.7. The number of ether oxygens (including phenoxy) is 1. The van der Waals surface area contributed by atoms with Gasteiger partial charge in [-0.05, 0) is 42.5 Å². The lowest BCUT2D eigenvalue weighted by molar-refractivity contribution is -0.274. The summed E-state index contributed by atoms with van der Waals surface area (Å²) in [6.07, 6.45) is -9.38. The highest BCUT2D eigenvalue weighted by Gasteiger charge is 2.31. The molecule has 2 aromatic rings. The molecule has 0 bridgehead atoms. The van der Waals surface area contributed by atoms with Gasteiger partial charge in [0, 0.05) is 10.6 Å². The molecule has 0 aliphatic carbocycles. The van der Waals surface area contributed by atoms with Gasteiger partial charge in [0.15, 0.2) is 0 Å². The molecule has 0 unspecified atom stereocenters. The van der Waals surface area contributed by atoms with E-state index in [1.165, 1.54) is 18.2 Å². The second kappa shape index (κ2) is 9.61. The molecule has 0 saturated carbocycles. The first-order chi connectivity index (χ1) is 13.9. The highest BCUT2D eigenvalue weighted by molar-refractivity contribution is 8.00. The molecule has 0 heterocycles. The van der Waals surface area contributed by atoms with Crippen molar-refractivity contribution in [3.8, 4) is 5.75 Å². The first kappa shape index (κ1) is 23.2. The van der Waals surface area contributed by atoms with Crippen molar-refractivity contribution < 1.29 is 40.7 Å². The number of anilines is 1. The van der Waals surface area contributed by atoms with Crippen molar-refractivity contribution in [1.82, 2.24) is 10.9 Å². The molecule has 0 aliphatic heterocycles. The van der Waals surface area contributed by atoms with Crippen LogP contribution >= 0.6 is 11.8 Å². The van der Waals surface area contributed by atoms with Gasteiger partial charge in [-0.3, -0.25) is 10.2 Å². The Morgan fingerprint density at radius 1 is 0.933 bits per heavy atom. The molecule has 13 heteroatoms. The van der Waals surface area contributed by atoms with Crippen LogP contribution in [0.25, 0.3) is 0 Å². The molecule has 0 fully saturated rings. The van der Waals surface area contributed by atoms with Gasteiger partial charge in [0.2, 0.25) is 5.91 Å². The van der Waals surface area contributed by atoms with Crippen LogP contribution in [0.3, 0.4) is 0 Å². The first-order valence-electron chi connectivity index (χ1n) is 7.94. The smallest absolute Gasteiger partial charge is 0.406 e. The third-order valence-corrected chi connectivity index (χ3v) is 4.20. The number of hydrazine groups is 1. The number of hydrogen-bond donors (Lipinski definition) is 3. The number of carbonyl (C=O) groups excluding carboxylic acids is 2. The van der Waals surface area contributed by atoms with Gasteiger partial charge in [-0.1, -0.05) is 6.07 Å². The second-order valence-corrected chi connectivity index (χ2v) is 6.56. The minimum atomic E-state index is -4.81. The van der Waals surface area contributed by atoms with Crippen LogP contribution in [0.15, 0.2) is 53.4 Å². The molecular weight excluding hydrogens is 440 g/mol. The number of rotatable bonds is 5. The number of urea groups is 1. The van der Waals surface area contributed by atoms with Crippen molar-refractivity contribution >= 4 is 29.4 Å². The predicted molar refractivity (Wildman–Crippen MR) is 95.6 cm³/mol. The molecule has 0 aliphatic rings. The molecule has 30 heavy (non-hydrogen) atoms. The van der Waals surface area contributed by atoms with Crippen molar-refractivity contribution in [2.45, 2.75) is 17.4 Å². The zero-order valence-corrected chi connectivity index (χ0v) is 15.5. The van der Waals surface area contributed by atoms with Crippen molar-refractivity contribution in [2.24, 2.45) is 0 Å². The lowest BCUT2D eigenvalue weighted by Gasteiger charge is -2.11. The maximum Gasteiger partial charge on any atom is 0.573 e. The van der Waals surface area contributed by atoms with E-state index in [1.807, 2.05) is 10.9 Å². The number of nitrogens with one attached hydrogen (secondary N) is 3. The van der Waals surface area contributed by atoms with Crippen LogP contribution < -0.4 is 20.9 Å². The Morgan fingerprint density at radius 2 is 1.60 bits per heavy atom. The summed E-state index contributed by atoms with van der Waals surface area (Å²) in [6, 6.07) is 7.72. The highest BCUT2D eigenvalue weighted by Crippen LogP contribution is 2.30. The van der Waals surface area contributed by atoms with Crippen LogP contribution in [-0.2, 0) is 11.0 Å². The Hall–Kier alpha value is -3.09. The molecule has 0 radical (unpaired) electrons. The summed E-state index contributed by atoms with van der Waals surface area (Å²) >= 11 is 0.970. The fraction of sp³-hybridized carbons (Fsp3) is 0.176. The topological polar surface area (TPSA) is 79.5 Å². The van der Waals surface area contributed by atoms with Gasteiger partial charge in [0.25, 0.3) is 0 Å². The van der Waals surface area contributed by atoms with E-state index < -0.39 is 35.8 Å². The Kier molecular flexibility index (Phi) is 7.43. The Morgan fingerprint density at radius 3 is 2.20 bits per heavy atom. The number of amides is 3. The minimum absolute atomic E-state index is 0.132. The maximum absolute atomic E-state index is 12.6. The van der Waals surface area contributed by atoms with Gasteiger partial charge in [-0.2, -0.15) is 13.2 Å². The number of carbonyl (C=O) groups is 2. The fourth-order valence-corrected chi connectivity index (χ4v) is 2.68. The molecule has 3 N–H and O–H groups in total. The molecule has 0 saturated heterocycles. The molecule has 162 valence electrons. The fourth-order valence-electron chi connectivity index (χ4n) is 1.98. The minimum Gasteiger partial charge on any atom is -0.406 e. The van der Waals surface area contributed by atoms with E-state index in [0.717, 1.165) is 42.1 Å². The van der Waals surface area contributed by atoms with Gasteiger partial charge in [-0.25, -0.2) is 10.2 Å². The molecule has 0 spiro atoms. The van der Waals surface area contributed by atoms with E-state index in [2.05, 4.69) is 10.1 Å². The summed E-state index contributed by atoms with van der Waals surface area (Å²) in [7, 11) is 0. The van der Waals surface area contributed by atoms with Crippen LogP contribution in [0.5, 0.6) is 5.75 Å². The van der Waals surface area contributed by atoms with E-state index in [9.17, 15) is 35.9 Å². The summed E-state index contributed by atoms with van der Waals surface area (Å²) in [6.45, 7) is 0. The number of hydrogen-bond acceptors (Lipinski definition) is 4. The van der Waals surface area contributed by atoms with Crippen LogP contribution in [0.2, 0.25) is 0 Å². The molecule has 0 atom stereocenters. The normalized spacial score (nSPS) is 11.5. The van der Waals surface area contributed by atoms with Crippen molar-refractivity contribution in [3.05, 3.63) is 54.1 Å². The van der Waals surface area contributed by atoms with E-state index in [1.54, 1.807) is 0 Å². The van der Waals surface area contributed by atoms with E-state index in [-0.39, 0.29) is 11.4 Å². The van der Waals surface area contributed by atoms with Gasteiger partial charge < -0.3 is 10.1 Å². The standard InChI is InChI=1S/C17H13F6N3O3S/c18-16(19,20)10-2-1-3-11(8-10)24-15(28)26-25-14(27)9-30-13-6-4-12(5-7-13)29-17(21,22)23/h1-8H,9H2,(H,25,27)(H2,24,26,28). The Balaban J connectivity index is 1.76. The monoisotopic (exact) mass is 453 g/mol. The quantitative estimate of drug-likeness (QED) is 0.353. The third kappa shape index (κ3) is 8.11.